The molecule has 1 aliphatic rings. The normalized spacial score (nSPS) is 30.6. The Morgan fingerprint density at radius 1 is 0.926 bits per heavy atom. The molecule has 1 saturated heterocycles. The van der Waals surface area contributed by atoms with Crippen molar-refractivity contribution in [3.8, 4) is 0 Å². The molecule has 0 aliphatic carbocycles. The van der Waals surface area contributed by atoms with Gasteiger partial charge in [-0.2, -0.15) is 0 Å². The largest absolute Gasteiger partial charge is 1.00 e. The number of aliphatic hydroxyl groups is 1. The van der Waals surface area contributed by atoms with Crippen LogP contribution in [-0.4, -0.2) is 10.7 Å². The summed E-state index contributed by atoms with van der Waals surface area (Å²) in [6.07, 6.45) is 2.05. The molecule has 0 spiro atoms. The standard InChI is InChI=1S/C22H27Cl2NO.ClH/c1-4-5-19-21(16-8-12-18(24)13-9-16)25-20(14(2)22(19,3)26)15-6-10-17(23)11-7-15;/h6-14,19-21,25-26H,4-5H2,1-3H3;1H. The number of quaternary nitrogens is 1. The van der Waals surface area contributed by atoms with Crippen molar-refractivity contribution in [3.63, 3.8) is 0 Å². The van der Waals surface area contributed by atoms with Crippen molar-refractivity contribution < 1.29 is 22.8 Å². The van der Waals surface area contributed by atoms with Gasteiger partial charge in [0.25, 0.3) is 0 Å². The van der Waals surface area contributed by atoms with Crippen molar-refractivity contribution in [2.45, 2.75) is 51.3 Å². The molecule has 5 atom stereocenters. The van der Waals surface area contributed by atoms with Crippen molar-refractivity contribution in [1.82, 2.24) is 0 Å². The van der Waals surface area contributed by atoms with Gasteiger partial charge in [-0.1, -0.05) is 67.7 Å². The lowest BCUT2D eigenvalue weighted by molar-refractivity contribution is -0.764. The lowest BCUT2D eigenvalue weighted by Gasteiger charge is -2.49. The average Bonchev–Trinajstić information content (AvgIpc) is 2.62. The number of nitrogens with two attached hydrogens (primary N) is 1. The molecule has 148 valence electrons. The molecule has 3 N–H and O–H groups in total. The zero-order valence-corrected chi connectivity index (χ0v) is 18.3. The Hall–Kier alpha value is -0.770. The summed E-state index contributed by atoms with van der Waals surface area (Å²) in [6, 6.07) is 16.5. The van der Waals surface area contributed by atoms with Crippen LogP contribution in [0.4, 0.5) is 0 Å². The molecule has 5 heteroatoms. The Labute approximate surface area is 178 Å². The van der Waals surface area contributed by atoms with Gasteiger partial charge in [0.2, 0.25) is 0 Å². The summed E-state index contributed by atoms with van der Waals surface area (Å²) in [5, 5.41) is 15.4. The molecule has 0 radical (unpaired) electrons. The molecule has 0 saturated carbocycles. The van der Waals surface area contributed by atoms with Crippen LogP contribution in [0.15, 0.2) is 48.5 Å². The van der Waals surface area contributed by atoms with Crippen molar-refractivity contribution >= 4 is 23.2 Å². The minimum Gasteiger partial charge on any atom is -1.00 e. The lowest BCUT2D eigenvalue weighted by atomic mass is 9.65. The summed E-state index contributed by atoms with van der Waals surface area (Å²) < 4.78 is 0. The summed E-state index contributed by atoms with van der Waals surface area (Å²) in [7, 11) is 0. The van der Waals surface area contributed by atoms with Crippen molar-refractivity contribution in [2.24, 2.45) is 11.8 Å². The van der Waals surface area contributed by atoms with Gasteiger partial charge in [-0.3, -0.25) is 0 Å². The Kier molecular flexibility index (Phi) is 7.63. The number of hydrogen-bond donors (Lipinski definition) is 2. The van der Waals surface area contributed by atoms with E-state index < -0.39 is 5.60 Å². The van der Waals surface area contributed by atoms with Crippen LogP contribution in [0.25, 0.3) is 0 Å². The predicted octanol–water partition coefficient (Wildman–Crippen LogP) is 2.16. The van der Waals surface area contributed by atoms with Crippen LogP contribution in [0, 0.1) is 11.8 Å². The van der Waals surface area contributed by atoms with Gasteiger partial charge in [0.05, 0.1) is 5.60 Å². The molecule has 0 aromatic heterocycles. The number of benzene rings is 2. The maximum atomic E-state index is 11.5. The van der Waals surface area contributed by atoms with Gasteiger partial charge in [-0.15, -0.1) is 0 Å². The molecule has 2 aromatic carbocycles. The van der Waals surface area contributed by atoms with Crippen LogP contribution in [0.5, 0.6) is 0 Å². The van der Waals surface area contributed by atoms with E-state index in [9.17, 15) is 5.11 Å². The van der Waals surface area contributed by atoms with Crippen LogP contribution in [0.3, 0.4) is 0 Å². The van der Waals surface area contributed by atoms with Crippen LogP contribution in [-0.2, 0) is 0 Å². The Morgan fingerprint density at radius 3 is 1.81 bits per heavy atom. The molecule has 1 aliphatic heterocycles. The van der Waals surface area contributed by atoms with Gasteiger partial charge >= 0.3 is 0 Å². The molecule has 0 bridgehead atoms. The van der Waals surface area contributed by atoms with E-state index in [1.165, 1.54) is 11.1 Å². The van der Waals surface area contributed by atoms with Gasteiger partial charge in [0, 0.05) is 33.0 Å². The van der Waals surface area contributed by atoms with Gasteiger partial charge in [-0.05, 0) is 37.6 Å². The fourth-order valence-electron chi connectivity index (χ4n) is 4.48. The Balaban J connectivity index is 0.00000261. The van der Waals surface area contributed by atoms with E-state index in [4.69, 9.17) is 23.2 Å². The summed E-state index contributed by atoms with van der Waals surface area (Å²) >= 11 is 12.2. The summed E-state index contributed by atoms with van der Waals surface area (Å²) in [5.74, 6) is 0.316. The average molecular weight is 429 g/mol. The molecule has 5 unspecified atom stereocenters. The maximum Gasteiger partial charge on any atom is 0.118 e. The van der Waals surface area contributed by atoms with Crippen LogP contribution in [0.2, 0.25) is 10.0 Å². The van der Waals surface area contributed by atoms with Gasteiger partial charge in [0.15, 0.2) is 0 Å². The minimum atomic E-state index is -0.751. The molecule has 2 nitrogen and oxygen atoms in total. The molecule has 2 aromatic rings. The first-order chi connectivity index (χ1) is 12.3. The predicted molar refractivity (Wildman–Crippen MR) is 108 cm³/mol. The van der Waals surface area contributed by atoms with E-state index in [1.54, 1.807) is 0 Å². The zero-order valence-electron chi connectivity index (χ0n) is 16.0. The summed E-state index contributed by atoms with van der Waals surface area (Å²) in [5.41, 5.74) is 1.68. The molecule has 3 rings (SSSR count). The molecule has 27 heavy (non-hydrogen) atoms. The van der Waals surface area contributed by atoms with E-state index in [0.29, 0.717) is 0 Å². The number of rotatable bonds is 4. The van der Waals surface area contributed by atoms with E-state index in [-0.39, 0.29) is 36.3 Å². The second-order valence-corrected chi connectivity index (χ2v) is 8.63. The third-order valence-electron chi connectivity index (χ3n) is 6.17. The molecule has 1 heterocycles. The first-order valence-corrected chi connectivity index (χ1v) is 10.2. The van der Waals surface area contributed by atoms with Crippen molar-refractivity contribution in [1.29, 1.82) is 0 Å². The fraction of sp³-hybridized carbons (Fsp3) is 0.455. The molecular formula is C22H28Cl3NO. The number of halogens is 3. The topological polar surface area (TPSA) is 36.8 Å². The highest BCUT2D eigenvalue weighted by Crippen LogP contribution is 2.44. The van der Waals surface area contributed by atoms with Crippen LogP contribution >= 0.6 is 23.2 Å². The molecule has 1 fully saturated rings. The van der Waals surface area contributed by atoms with Gasteiger partial charge in [-0.25, -0.2) is 0 Å². The third kappa shape index (κ3) is 4.63. The molecular weight excluding hydrogens is 401 g/mol. The van der Waals surface area contributed by atoms with Crippen LogP contribution < -0.4 is 17.7 Å². The Morgan fingerprint density at radius 2 is 1.37 bits per heavy atom. The highest BCUT2D eigenvalue weighted by Gasteiger charge is 2.52. The lowest BCUT2D eigenvalue weighted by Crippen LogP contribution is -3.00. The van der Waals surface area contributed by atoms with Crippen LogP contribution in [0.1, 0.15) is 56.8 Å². The highest BCUT2D eigenvalue weighted by molar-refractivity contribution is 6.30. The number of piperidine rings is 1. The summed E-state index contributed by atoms with van der Waals surface area (Å²) in [4.78, 5) is 0. The van der Waals surface area contributed by atoms with E-state index in [2.05, 4.69) is 43.4 Å². The minimum absolute atomic E-state index is 0. The van der Waals surface area contributed by atoms with E-state index in [0.717, 1.165) is 22.9 Å². The third-order valence-corrected chi connectivity index (χ3v) is 6.67. The van der Waals surface area contributed by atoms with Crippen molar-refractivity contribution in [3.05, 3.63) is 69.7 Å². The number of hydrogen-bond acceptors (Lipinski definition) is 1. The van der Waals surface area contributed by atoms with Crippen molar-refractivity contribution in [2.75, 3.05) is 0 Å². The SMILES string of the molecule is CCCC1C(c2ccc(Cl)cc2)[NH2+]C(c2ccc(Cl)cc2)C(C)C1(C)O.[Cl-]. The monoisotopic (exact) mass is 427 g/mol. The quantitative estimate of drug-likeness (QED) is 0.769. The first kappa shape index (κ1) is 22.5. The van der Waals surface area contributed by atoms with E-state index in [1.807, 2.05) is 31.2 Å². The fourth-order valence-corrected chi connectivity index (χ4v) is 4.74. The Bertz CT molecular complexity index is 730. The van der Waals surface area contributed by atoms with Gasteiger partial charge < -0.3 is 22.8 Å². The zero-order chi connectivity index (χ0) is 18.9. The van der Waals surface area contributed by atoms with E-state index >= 15 is 0 Å². The second kappa shape index (κ2) is 9.15. The molecule has 0 amide bonds. The summed E-state index contributed by atoms with van der Waals surface area (Å²) in [6.45, 7) is 6.36. The highest BCUT2D eigenvalue weighted by atomic mass is 35.5. The first-order valence-electron chi connectivity index (χ1n) is 9.43. The van der Waals surface area contributed by atoms with Gasteiger partial charge in [0.1, 0.15) is 12.1 Å². The smallest absolute Gasteiger partial charge is 0.118 e. The second-order valence-electron chi connectivity index (χ2n) is 7.76. The maximum absolute atomic E-state index is 11.5.